The molecule has 0 saturated heterocycles. The molecule has 0 aromatic carbocycles. The molecule has 2 aromatic heterocycles. The third-order valence-electron chi connectivity index (χ3n) is 1.83. The Labute approximate surface area is 90.2 Å². The summed E-state index contributed by atoms with van der Waals surface area (Å²) in [5.41, 5.74) is 1.77. The number of thiazole rings is 1. The summed E-state index contributed by atoms with van der Waals surface area (Å²) in [5, 5.41) is 4.90. The van der Waals surface area contributed by atoms with Gasteiger partial charge in [0.05, 0.1) is 6.54 Å². The molecule has 2 rings (SSSR count). The van der Waals surface area contributed by atoms with E-state index < -0.39 is 0 Å². The zero-order chi connectivity index (χ0) is 10.7. The van der Waals surface area contributed by atoms with Crippen molar-refractivity contribution in [2.24, 2.45) is 0 Å². The molecule has 0 aliphatic rings. The maximum absolute atomic E-state index is 10.9. The van der Waals surface area contributed by atoms with Crippen molar-refractivity contribution < 1.29 is 0 Å². The molecule has 0 aliphatic heterocycles. The first kappa shape index (κ1) is 9.85. The fourth-order valence-corrected chi connectivity index (χ4v) is 1.72. The molecular weight excluding hydrogens is 212 g/mol. The Morgan fingerprint density at radius 3 is 3.07 bits per heavy atom. The van der Waals surface area contributed by atoms with E-state index in [-0.39, 0.29) is 4.87 Å². The normalized spacial score (nSPS) is 10.2. The zero-order valence-electron chi connectivity index (χ0n) is 8.15. The molecule has 0 amide bonds. The number of H-pyrrole nitrogens is 1. The van der Waals surface area contributed by atoms with Crippen LogP contribution >= 0.6 is 11.3 Å². The van der Waals surface area contributed by atoms with E-state index in [9.17, 15) is 4.79 Å². The van der Waals surface area contributed by atoms with Crippen LogP contribution < -0.4 is 10.2 Å². The molecule has 2 N–H and O–H groups in total. The Morgan fingerprint density at radius 2 is 2.40 bits per heavy atom. The van der Waals surface area contributed by atoms with Gasteiger partial charge in [0.25, 0.3) is 0 Å². The van der Waals surface area contributed by atoms with Crippen molar-refractivity contribution in [2.75, 3.05) is 5.32 Å². The fourth-order valence-electron chi connectivity index (χ4n) is 1.14. The van der Waals surface area contributed by atoms with Gasteiger partial charge < -0.3 is 10.3 Å². The number of anilines is 1. The minimum atomic E-state index is -0.0364. The van der Waals surface area contributed by atoms with Crippen LogP contribution in [0.25, 0.3) is 0 Å². The molecule has 0 saturated carbocycles. The Kier molecular flexibility index (Phi) is 2.77. The average molecular weight is 222 g/mol. The minimum Gasteiger partial charge on any atom is -0.364 e. The Hall–Kier alpha value is -1.69. The van der Waals surface area contributed by atoms with Gasteiger partial charge in [0.2, 0.25) is 0 Å². The number of rotatable bonds is 3. The van der Waals surface area contributed by atoms with Crippen LogP contribution in [0.15, 0.2) is 22.6 Å². The predicted molar refractivity (Wildman–Crippen MR) is 59.0 cm³/mol. The van der Waals surface area contributed by atoms with Crippen LogP contribution in [0.3, 0.4) is 0 Å². The van der Waals surface area contributed by atoms with E-state index in [2.05, 4.69) is 20.3 Å². The number of nitrogens with one attached hydrogen (secondary N) is 2. The lowest BCUT2D eigenvalue weighted by Crippen LogP contribution is -2.04. The zero-order valence-corrected chi connectivity index (χ0v) is 8.97. The van der Waals surface area contributed by atoms with Gasteiger partial charge in [-0.05, 0) is 6.92 Å². The standard InChI is InChI=1S/C9H10N4OS/c1-6-2-8(12-5-11-6)10-3-7-4-15-9(14)13-7/h2,4-5H,3H2,1H3,(H,13,14)(H,10,11,12). The first-order valence-electron chi connectivity index (χ1n) is 4.43. The Morgan fingerprint density at radius 1 is 1.53 bits per heavy atom. The van der Waals surface area contributed by atoms with Gasteiger partial charge >= 0.3 is 4.87 Å². The number of aromatic nitrogens is 3. The smallest absolute Gasteiger partial charge is 0.304 e. The van der Waals surface area contributed by atoms with Crippen LogP contribution in [0.5, 0.6) is 0 Å². The van der Waals surface area contributed by atoms with Crippen molar-refractivity contribution in [1.29, 1.82) is 0 Å². The summed E-state index contributed by atoms with van der Waals surface area (Å²) in [5.74, 6) is 0.759. The number of hydrogen-bond donors (Lipinski definition) is 2. The summed E-state index contributed by atoms with van der Waals surface area (Å²) >= 11 is 1.16. The van der Waals surface area contributed by atoms with Crippen molar-refractivity contribution in [3.8, 4) is 0 Å². The highest BCUT2D eigenvalue weighted by atomic mass is 32.1. The highest BCUT2D eigenvalue weighted by molar-refractivity contribution is 7.07. The SMILES string of the molecule is Cc1cc(NCc2csc(=O)[nH]2)ncn1. The summed E-state index contributed by atoms with van der Waals surface area (Å²) in [4.78, 5) is 21.6. The van der Waals surface area contributed by atoms with Gasteiger partial charge in [0.1, 0.15) is 12.1 Å². The maximum atomic E-state index is 10.9. The van der Waals surface area contributed by atoms with Gasteiger partial charge in [-0.15, -0.1) is 0 Å². The lowest BCUT2D eigenvalue weighted by molar-refractivity contribution is 1.02. The quantitative estimate of drug-likeness (QED) is 0.817. The van der Waals surface area contributed by atoms with E-state index in [4.69, 9.17) is 0 Å². The second-order valence-electron chi connectivity index (χ2n) is 3.07. The molecule has 0 unspecified atom stereocenters. The summed E-state index contributed by atoms with van der Waals surface area (Å²) in [7, 11) is 0. The van der Waals surface area contributed by atoms with E-state index in [1.807, 2.05) is 13.0 Å². The van der Waals surface area contributed by atoms with Gasteiger partial charge in [-0.25, -0.2) is 9.97 Å². The largest absolute Gasteiger partial charge is 0.364 e. The second-order valence-corrected chi connectivity index (χ2v) is 3.91. The highest BCUT2D eigenvalue weighted by Crippen LogP contribution is 2.05. The van der Waals surface area contributed by atoms with Gasteiger partial charge in [0.15, 0.2) is 0 Å². The molecular formula is C9H10N4OS. The lowest BCUT2D eigenvalue weighted by atomic mass is 10.4. The Bertz CT molecular complexity index is 505. The van der Waals surface area contributed by atoms with Gasteiger partial charge in [-0.1, -0.05) is 11.3 Å². The van der Waals surface area contributed by atoms with Crippen LogP contribution in [0, 0.1) is 6.92 Å². The summed E-state index contributed by atoms with van der Waals surface area (Å²) in [6.07, 6.45) is 1.51. The topological polar surface area (TPSA) is 70.7 Å². The van der Waals surface area contributed by atoms with Gasteiger partial charge in [-0.2, -0.15) is 0 Å². The van der Waals surface area contributed by atoms with Crippen molar-refractivity contribution in [3.63, 3.8) is 0 Å². The first-order chi connectivity index (χ1) is 7.24. The average Bonchev–Trinajstić information content (AvgIpc) is 2.62. The molecule has 78 valence electrons. The third-order valence-corrected chi connectivity index (χ3v) is 2.55. The van der Waals surface area contributed by atoms with Crippen LogP contribution in [-0.2, 0) is 6.54 Å². The molecule has 0 radical (unpaired) electrons. The monoisotopic (exact) mass is 222 g/mol. The van der Waals surface area contributed by atoms with Crippen molar-refractivity contribution in [2.45, 2.75) is 13.5 Å². The summed E-state index contributed by atoms with van der Waals surface area (Å²) in [6, 6.07) is 1.85. The minimum absolute atomic E-state index is 0.0364. The van der Waals surface area contributed by atoms with E-state index in [0.29, 0.717) is 6.54 Å². The number of hydrogen-bond acceptors (Lipinski definition) is 5. The van der Waals surface area contributed by atoms with Gasteiger partial charge in [-0.3, -0.25) is 4.79 Å². The first-order valence-corrected chi connectivity index (χ1v) is 5.31. The van der Waals surface area contributed by atoms with Crippen molar-refractivity contribution in [3.05, 3.63) is 38.8 Å². The molecule has 6 heteroatoms. The highest BCUT2D eigenvalue weighted by Gasteiger charge is 1.98. The molecule has 0 fully saturated rings. The van der Waals surface area contributed by atoms with Crippen LogP contribution in [0.4, 0.5) is 5.82 Å². The third kappa shape index (κ3) is 2.63. The molecule has 2 aromatic rings. The van der Waals surface area contributed by atoms with Crippen LogP contribution in [-0.4, -0.2) is 15.0 Å². The number of nitrogens with zero attached hydrogens (tertiary/aromatic N) is 2. The summed E-state index contributed by atoms with van der Waals surface area (Å²) < 4.78 is 0. The number of aromatic amines is 1. The number of aryl methyl sites for hydroxylation is 1. The van der Waals surface area contributed by atoms with E-state index in [0.717, 1.165) is 28.5 Å². The predicted octanol–water partition coefficient (Wildman–Crippen LogP) is 1.15. The van der Waals surface area contributed by atoms with Crippen molar-refractivity contribution in [1.82, 2.24) is 15.0 Å². The molecule has 15 heavy (non-hydrogen) atoms. The van der Waals surface area contributed by atoms with Crippen LogP contribution in [0.2, 0.25) is 0 Å². The fraction of sp³-hybridized carbons (Fsp3) is 0.222. The Balaban J connectivity index is 2.02. The van der Waals surface area contributed by atoms with Crippen LogP contribution in [0.1, 0.15) is 11.4 Å². The lowest BCUT2D eigenvalue weighted by Gasteiger charge is -2.03. The maximum Gasteiger partial charge on any atom is 0.304 e. The van der Waals surface area contributed by atoms with E-state index >= 15 is 0 Å². The molecule has 0 aliphatic carbocycles. The molecule has 0 spiro atoms. The van der Waals surface area contributed by atoms with E-state index in [1.54, 1.807) is 5.38 Å². The summed E-state index contributed by atoms with van der Waals surface area (Å²) in [6.45, 7) is 2.47. The molecule has 0 atom stereocenters. The van der Waals surface area contributed by atoms with E-state index in [1.165, 1.54) is 6.33 Å². The molecule has 2 heterocycles. The second kappa shape index (κ2) is 4.22. The van der Waals surface area contributed by atoms with Gasteiger partial charge in [0, 0.05) is 22.8 Å². The molecule has 5 nitrogen and oxygen atoms in total. The van der Waals surface area contributed by atoms with Crippen molar-refractivity contribution >= 4 is 17.2 Å². The molecule has 0 bridgehead atoms.